The third-order valence-corrected chi connectivity index (χ3v) is 4.18. The van der Waals surface area contributed by atoms with Gasteiger partial charge in [0.05, 0.1) is 12.6 Å². The quantitative estimate of drug-likeness (QED) is 0.467. The molecule has 146 valence electrons. The smallest absolute Gasteiger partial charge is 0.255 e. The van der Waals surface area contributed by atoms with Gasteiger partial charge in [-0.2, -0.15) is 5.10 Å². The summed E-state index contributed by atoms with van der Waals surface area (Å²) in [6.45, 7) is 0. The first-order valence-electron chi connectivity index (χ1n) is 8.73. The summed E-state index contributed by atoms with van der Waals surface area (Å²) in [5.41, 5.74) is 4.88. The molecule has 0 bridgehead atoms. The summed E-state index contributed by atoms with van der Waals surface area (Å²) in [6.07, 6.45) is 1.56. The number of nitrogens with zero attached hydrogens (tertiary/aromatic N) is 1. The molecule has 0 aliphatic carbocycles. The van der Waals surface area contributed by atoms with E-state index in [0.29, 0.717) is 27.4 Å². The molecule has 0 unspecified atom stereocenters. The van der Waals surface area contributed by atoms with Crippen LogP contribution in [0.3, 0.4) is 0 Å². The Labute approximate surface area is 172 Å². The number of carbonyl (C=O) groups excluding carboxylic acids is 2. The number of hydrogen-bond acceptors (Lipinski definition) is 3. The van der Waals surface area contributed by atoms with Crippen molar-refractivity contribution in [1.29, 1.82) is 0 Å². The van der Waals surface area contributed by atoms with E-state index in [1.807, 2.05) is 0 Å². The highest BCUT2D eigenvalue weighted by atomic mass is 35.5. The number of hydrogen-bond donors (Lipinski definition) is 2. The van der Waals surface area contributed by atoms with Gasteiger partial charge in [0, 0.05) is 16.3 Å². The summed E-state index contributed by atoms with van der Waals surface area (Å²) in [6, 6.07) is 19.3. The Morgan fingerprint density at radius 2 is 1.72 bits per heavy atom. The SMILES string of the molecule is O=C(Cc1ccc(F)cc1)N/N=C/c1cccc(NC(=O)c2ccc(Cl)cc2)c1. The molecule has 3 rings (SSSR count). The van der Waals surface area contributed by atoms with E-state index in [9.17, 15) is 14.0 Å². The van der Waals surface area contributed by atoms with Gasteiger partial charge in [0.25, 0.3) is 5.91 Å². The first-order chi connectivity index (χ1) is 14.0. The molecule has 2 amide bonds. The maximum absolute atomic E-state index is 12.9. The van der Waals surface area contributed by atoms with Gasteiger partial charge >= 0.3 is 0 Å². The maximum atomic E-state index is 12.9. The molecule has 7 heteroatoms. The third kappa shape index (κ3) is 6.26. The Hall–Kier alpha value is -3.51. The van der Waals surface area contributed by atoms with Crippen LogP contribution in [0.2, 0.25) is 5.02 Å². The second-order valence-corrected chi connectivity index (χ2v) is 6.62. The summed E-state index contributed by atoms with van der Waals surface area (Å²) >= 11 is 5.83. The van der Waals surface area contributed by atoms with Crippen molar-refractivity contribution in [2.75, 3.05) is 5.32 Å². The van der Waals surface area contributed by atoms with Gasteiger partial charge in [-0.25, -0.2) is 9.82 Å². The Balaban J connectivity index is 1.56. The number of amides is 2. The van der Waals surface area contributed by atoms with Gasteiger partial charge in [0.15, 0.2) is 0 Å². The zero-order valence-corrected chi connectivity index (χ0v) is 16.0. The predicted octanol–water partition coefficient (Wildman–Crippen LogP) is 4.42. The van der Waals surface area contributed by atoms with Crippen LogP contribution in [-0.4, -0.2) is 18.0 Å². The molecule has 2 N–H and O–H groups in total. The van der Waals surface area contributed by atoms with Crippen LogP contribution >= 0.6 is 11.6 Å². The Morgan fingerprint density at radius 1 is 1.00 bits per heavy atom. The van der Waals surface area contributed by atoms with Crippen molar-refractivity contribution in [3.8, 4) is 0 Å². The number of nitrogens with one attached hydrogen (secondary N) is 2. The molecule has 3 aromatic carbocycles. The Kier molecular flexibility index (Phi) is 6.71. The summed E-state index contributed by atoms with van der Waals surface area (Å²) in [4.78, 5) is 24.2. The van der Waals surface area contributed by atoms with Crippen LogP contribution in [0, 0.1) is 5.82 Å². The molecule has 29 heavy (non-hydrogen) atoms. The lowest BCUT2D eigenvalue weighted by molar-refractivity contribution is -0.120. The van der Waals surface area contributed by atoms with Crippen LogP contribution in [0.1, 0.15) is 21.5 Å². The van der Waals surface area contributed by atoms with E-state index in [0.717, 1.165) is 0 Å². The van der Waals surface area contributed by atoms with Gasteiger partial charge in [-0.15, -0.1) is 0 Å². The van der Waals surface area contributed by atoms with Crippen LogP contribution < -0.4 is 10.7 Å². The van der Waals surface area contributed by atoms with Crippen molar-refractivity contribution in [1.82, 2.24) is 5.43 Å². The second kappa shape index (κ2) is 9.61. The number of halogens is 2. The van der Waals surface area contributed by atoms with Gasteiger partial charge in [-0.3, -0.25) is 9.59 Å². The van der Waals surface area contributed by atoms with Gasteiger partial charge in [-0.1, -0.05) is 35.9 Å². The molecule has 5 nitrogen and oxygen atoms in total. The minimum atomic E-state index is -0.352. The zero-order valence-electron chi connectivity index (χ0n) is 15.2. The van der Waals surface area contributed by atoms with E-state index in [1.165, 1.54) is 18.3 Å². The van der Waals surface area contributed by atoms with Crippen molar-refractivity contribution in [2.45, 2.75) is 6.42 Å². The highest BCUT2D eigenvalue weighted by Gasteiger charge is 2.06. The molecular formula is C22H17ClFN3O2. The minimum Gasteiger partial charge on any atom is -0.322 e. The average molecular weight is 410 g/mol. The molecule has 0 fully saturated rings. The van der Waals surface area contributed by atoms with Crippen molar-refractivity contribution in [3.05, 3.63) is 100 Å². The van der Waals surface area contributed by atoms with Crippen LogP contribution in [0.25, 0.3) is 0 Å². The minimum absolute atomic E-state index is 0.0921. The Bertz CT molecular complexity index is 1030. The van der Waals surface area contributed by atoms with E-state index in [2.05, 4.69) is 15.8 Å². The fourth-order valence-electron chi connectivity index (χ4n) is 2.51. The average Bonchev–Trinajstić information content (AvgIpc) is 2.70. The lowest BCUT2D eigenvalue weighted by Gasteiger charge is -2.06. The maximum Gasteiger partial charge on any atom is 0.255 e. The van der Waals surface area contributed by atoms with E-state index < -0.39 is 0 Å². The lowest BCUT2D eigenvalue weighted by Crippen LogP contribution is -2.19. The first-order valence-corrected chi connectivity index (χ1v) is 9.11. The van der Waals surface area contributed by atoms with Gasteiger partial charge in [0.1, 0.15) is 5.82 Å². The van der Waals surface area contributed by atoms with Crippen molar-refractivity contribution >= 4 is 35.3 Å². The molecular weight excluding hydrogens is 393 g/mol. The molecule has 0 aromatic heterocycles. The van der Waals surface area contributed by atoms with Gasteiger partial charge < -0.3 is 5.32 Å². The molecule has 0 saturated carbocycles. The summed E-state index contributed by atoms with van der Waals surface area (Å²) in [5.74, 6) is -0.932. The molecule has 3 aromatic rings. The van der Waals surface area contributed by atoms with Crippen LogP contribution in [-0.2, 0) is 11.2 Å². The third-order valence-electron chi connectivity index (χ3n) is 3.93. The number of hydrazone groups is 1. The zero-order chi connectivity index (χ0) is 20.6. The normalized spacial score (nSPS) is 10.7. The molecule has 0 atom stereocenters. The number of anilines is 1. The Morgan fingerprint density at radius 3 is 2.45 bits per heavy atom. The highest BCUT2D eigenvalue weighted by molar-refractivity contribution is 6.30. The predicted molar refractivity (Wildman–Crippen MR) is 112 cm³/mol. The molecule has 0 aliphatic rings. The van der Waals surface area contributed by atoms with Gasteiger partial charge in [0.2, 0.25) is 5.91 Å². The van der Waals surface area contributed by atoms with Crippen molar-refractivity contribution < 1.29 is 14.0 Å². The summed E-state index contributed by atoms with van der Waals surface area (Å²) < 4.78 is 12.9. The monoisotopic (exact) mass is 409 g/mol. The lowest BCUT2D eigenvalue weighted by atomic mass is 10.1. The molecule has 0 spiro atoms. The van der Waals surface area contributed by atoms with Crippen LogP contribution in [0.5, 0.6) is 0 Å². The van der Waals surface area contributed by atoms with Crippen LogP contribution in [0.15, 0.2) is 77.9 Å². The topological polar surface area (TPSA) is 70.6 Å². The molecule has 0 aliphatic heterocycles. The fourth-order valence-corrected chi connectivity index (χ4v) is 2.63. The van der Waals surface area contributed by atoms with E-state index in [1.54, 1.807) is 60.7 Å². The number of carbonyl (C=O) groups is 2. The molecule has 0 saturated heterocycles. The number of rotatable bonds is 6. The second-order valence-electron chi connectivity index (χ2n) is 6.18. The van der Waals surface area contributed by atoms with E-state index in [4.69, 9.17) is 11.6 Å². The van der Waals surface area contributed by atoms with Gasteiger partial charge in [-0.05, 0) is 59.7 Å². The van der Waals surface area contributed by atoms with E-state index >= 15 is 0 Å². The van der Waals surface area contributed by atoms with E-state index in [-0.39, 0.29) is 24.1 Å². The highest BCUT2D eigenvalue weighted by Crippen LogP contribution is 2.13. The summed E-state index contributed by atoms with van der Waals surface area (Å²) in [5, 5.41) is 7.27. The molecule has 0 radical (unpaired) electrons. The number of benzene rings is 3. The largest absolute Gasteiger partial charge is 0.322 e. The first kappa shape index (κ1) is 20.2. The van der Waals surface area contributed by atoms with Crippen molar-refractivity contribution in [3.63, 3.8) is 0 Å². The standard InChI is InChI=1S/C22H17ClFN3O2/c23-18-8-6-17(7-9-18)22(29)26-20-3-1-2-16(12-20)14-25-27-21(28)13-15-4-10-19(24)11-5-15/h1-12,14H,13H2,(H,26,29)(H,27,28)/b25-14+. The fraction of sp³-hybridized carbons (Fsp3) is 0.0455. The van der Waals surface area contributed by atoms with Crippen molar-refractivity contribution in [2.24, 2.45) is 5.10 Å². The molecule has 0 heterocycles. The summed E-state index contributed by atoms with van der Waals surface area (Å²) in [7, 11) is 0. The van der Waals surface area contributed by atoms with Crippen LogP contribution in [0.4, 0.5) is 10.1 Å².